The highest BCUT2D eigenvalue weighted by atomic mass is 16.5. The number of ether oxygens (including phenoxy) is 2. The molecular weight excluding hydrogens is 256 g/mol. The van der Waals surface area contributed by atoms with E-state index >= 15 is 0 Å². The Balaban J connectivity index is 2.03. The van der Waals surface area contributed by atoms with Crippen molar-refractivity contribution in [1.82, 2.24) is 10.5 Å². The van der Waals surface area contributed by atoms with Crippen LogP contribution in [0.5, 0.6) is 11.5 Å². The highest BCUT2D eigenvalue weighted by Gasteiger charge is 2.07. The molecule has 108 valence electrons. The van der Waals surface area contributed by atoms with Crippen molar-refractivity contribution in [2.75, 3.05) is 13.7 Å². The zero-order valence-corrected chi connectivity index (χ0v) is 12.1. The molecule has 0 saturated heterocycles. The van der Waals surface area contributed by atoms with Crippen LogP contribution in [0.1, 0.15) is 23.9 Å². The van der Waals surface area contributed by atoms with Gasteiger partial charge >= 0.3 is 0 Å². The fourth-order valence-electron chi connectivity index (χ4n) is 1.85. The number of methoxy groups -OCH3 is 1. The molecule has 20 heavy (non-hydrogen) atoms. The zero-order chi connectivity index (χ0) is 14.4. The summed E-state index contributed by atoms with van der Waals surface area (Å²) in [5.74, 6) is 2.20. The van der Waals surface area contributed by atoms with E-state index in [0.29, 0.717) is 12.4 Å². The topological polar surface area (TPSA) is 56.5 Å². The summed E-state index contributed by atoms with van der Waals surface area (Å²) in [5.41, 5.74) is 1.93. The average Bonchev–Trinajstić information content (AvgIpc) is 2.88. The van der Waals surface area contributed by atoms with Gasteiger partial charge in [0.05, 0.1) is 7.11 Å². The number of hydrogen-bond donors (Lipinski definition) is 1. The van der Waals surface area contributed by atoms with Gasteiger partial charge in [0, 0.05) is 12.6 Å². The van der Waals surface area contributed by atoms with Gasteiger partial charge in [-0.3, -0.25) is 0 Å². The van der Waals surface area contributed by atoms with Gasteiger partial charge in [-0.15, -0.1) is 0 Å². The van der Waals surface area contributed by atoms with Crippen molar-refractivity contribution in [3.8, 4) is 11.5 Å². The Labute approximate surface area is 118 Å². The minimum Gasteiger partial charge on any atom is -0.493 e. The van der Waals surface area contributed by atoms with Crippen LogP contribution in [-0.2, 0) is 13.2 Å². The van der Waals surface area contributed by atoms with Gasteiger partial charge < -0.3 is 19.3 Å². The summed E-state index contributed by atoms with van der Waals surface area (Å²) in [6, 6.07) is 7.77. The van der Waals surface area contributed by atoms with Gasteiger partial charge in [-0.25, -0.2) is 0 Å². The Morgan fingerprint density at radius 3 is 2.75 bits per heavy atom. The van der Waals surface area contributed by atoms with Crippen LogP contribution in [-0.4, -0.2) is 18.8 Å². The Kier molecular flexibility index (Phi) is 5.01. The van der Waals surface area contributed by atoms with E-state index in [1.165, 1.54) is 0 Å². The van der Waals surface area contributed by atoms with Crippen LogP contribution in [0.3, 0.4) is 0 Å². The minimum atomic E-state index is 0.361. The third-order valence-electron chi connectivity index (χ3n) is 2.86. The molecule has 1 heterocycles. The molecule has 5 nitrogen and oxygen atoms in total. The lowest BCUT2D eigenvalue weighted by atomic mass is 10.2. The average molecular weight is 276 g/mol. The van der Waals surface area contributed by atoms with Crippen LogP contribution in [0.2, 0.25) is 0 Å². The highest BCUT2D eigenvalue weighted by molar-refractivity contribution is 5.43. The molecule has 0 saturated carbocycles. The lowest BCUT2D eigenvalue weighted by molar-refractivity contribution is 0.271. The van der Waals surface area contributed by atoms with Crippen LogP contribution in [0.4, 0.5) is 0 Å². The Hall–Kier alpha value is -2.01. The Morgan fingerprint density at radius 2 is 2.10 bits per heavy atom. The quantitative estimate of drug-likeness (QED) is 0.842. The third-order valence-corrected chi connectivity index (χ3v) is 2.86. The maximum absolute atomic E-state index is 5.72. The summed E-state index contributed by atoms with van der Waals surface area (Å²) in [7, 11) is 1.64. The van der Waals surface area contributed by atoms with E-state index in [0.717, 1.165) is 35.9 Å². The summed E-state index contributed by atoms with van der Waals surface area (Å²) in [4.78, 5) is 0. The monoisotopic (exact) mass is 276 g/mol. The van der Waals surface area contributed by atoms with Gasteiger partial charge in [0.25, 0.3) is 0 Å². The van der Waals surface area contributed by atoms with Gasteiger partial charge in [0.2, 0.25) is 0 Å². The van der Waals surface area contributed by atoms with Crippen LogP contribution in [0, 0.1) is 6.92 Å². The second-order valence-corrected chi connectivity index (χ2v) is 4.48. The number of benzene rings is 1. The number of nitrogens with one attached hydrogen (secondary N) is 1. The molecule has 1 N–H and O–H groups in total. The van der Waals surface area contributed by atoms with Crippen molar-refractivity contribution >= 4 is 0 Å². The summed E-state index contributed by atoms with van der Waals surface area (Å²) in [6.07, 6.45) is 0. The first-order valence-electron chi connectivity index (χ1n) is 6.65. The molecule has 1 aromatic heterocycles. The van der Waals surface area contributed by atoms with Crippen molar-refractivity contribution in [3.63, 3.8) is 0 Å². The maximum atomic E-state index is 5.72. The van der Waals surface area contributed by atoms with Gasteiger partial charge in [-0.2, -0.15) is 0 Å². The molecular formula is C15H20N2O3. The predicted molar refractivity (Wildman–Crippen MR) is 75.9 cm³/mol. The molecule has 0 bridgehead atoms. The number of rotatable bonds is 7. The van der Waals surface area contributed by atoms with E-state index in [-0.39, 0.29) is 0 Å². The van der Waals surface area contributed by atoms with Crippen LogP contribution >= 0.6 is 0 Å². The molecule has 0 unspecified atom stereocenters. The number of aromatic nitrogens is 1. The number of aryl methyl sites for hydroxylation is 1. The lowest BCUT2D eigenvalue weighted by Gasteiger charge is -2.11. The SMILES string of the molecule is CCNCc1ccc(OCc2cc(C)on2)c(OC)c1. The van der Waals surface area contributed by atoms with E-state index in [2.05, 4.69) is 17.4 Å². The molecule has 0 amide bonds. The predicted octanol–water partition coefficient (Wildman–Crippen LogP) is 2.68. The second-order valence-electron chi connectivity index (χ2n) is 4.48. The fraction of sp³-hybridized carbons (Fsp3) is 0.400. The third kappa shape index (κ3) is 3.74. The minimum absolute atomic E-state index is 0.361. The molecule has 2 rings (SSSR count). The van der Waals surface area contributed by atoms with E-state index in [1.54, 1.807) is 7.11 Å². The first-order valence-corrected chi connectivity index (χ1v) is 6.65. The smallest absolute Gasteiger partial charge is 0.161 e. The standard InChI is InChI=1S/C15H20N2O3/c1-4-16-9-12-5-6-14(15(8-12)18-3)19-10-13-7-11(2)20-17-13/h5-8,16H,4,9-10H2,1-3H3. The van der Waals surface area contributed by atoms with Crippen molar-refractivity contribution in [1.29, 1.82) is 0 Å². The molecule has 0 fully saturated rings. The number of hydrogen-bond acceptors (Lipinski definition) is 5. The molecule has 0 radical (unpaired) electrons. The fourth-order valence-corrected chi connectivity index (χ4v) is 1.85. The first kappa shape index (κ1) is 14.4. The molecule has 0 atom stereocenters. The van der Waals surface area contributed by atoms with Crippen LogP contribution in [0.15, 0.2) is 28.8 Å². The van der Waals surface area contributed by atoms with Crippen molar-refractivity contribution < 1.29 is 14.0 Å². The van der Waals surface area contributed by atoms with Crippen LogP contribution < -0.4 is 14.8 Å². The number of nitrogens with zero attached hydrogens (tertiary/aromatic N) is 1. The van der Waals surface area contributed by atoms with E-state index in [9.17, 15) is 0 Å². The molecule has 0 aliphatic rings. The van der Waals surface area contributed by atoms with Crippen molar-refractivity contribution in [3.05, 3.63) is 41.3 Å². The van der Waals surface area contributed by atoms with E-state index < -0.39 is 0 Å². The van der Waals surface area contributed by atoms with Gasteiger partial charge in [0.1, 0.15) is 18.1 Å². The first-order chi connectivity index (χ1) is 9.72. The van der Waals surface area contributed by atoms with Crippen LogP contribution in [0.25, 0.3) is 0 Å². The summed E-state index contributed by atoms with van der Waals surface area (Å²) in [6.45, 7) is 6.04. The normalized spacial score (nSPS) is 10.6. The molecule has 0 spiro atoms. The lowest BCUT2D eigenvalue weighted by Crippen LogP contribution is -2.11. The second kappa shape index (κ2) is 6.96. The van der Waals surface area contributed by atoms with Gasteiger partial charge in [-0.1, -0.05) is 18.1 Å². The van der Waals surface area contributed by atoms with E-state index in [4.69, 9.17) is 14.0 Å². The highest BCUT2D eigenvalue weighted by Crippen LogP contribution is 2.28. The van der Waals surface area contributed by atoms with Gasteiger partial charge in [0.15, 0.2) is 11.5 Å². The molecule has 2 aromatic rings. The summed E-state index contributed by atoms with van der Waals surface area (Å²) in [5, 5.41) is 7.17. The summed E-state index contributed by atoms with van der Waals surface area (Å²) >= 11 is 0. The zero-order valence-electron chi connectivity index (χ0n) is 12.1. The largest absolute Gasteiger partial charge is 0.493 e. The molecule has 0 aliphatic heterocycles. The van der Waals surface area contributed by atoms with Crippen molar-refractivity contribution in [2.24, 2.45) is 0 Å². The molecule has 0 aliphatic carbocycles. The van der Waals surface area contributed by atoms with Gasteiger partial charge in [-0.05, 0) is 31.2 Å². The molecule has 5 heteroatoms. The van der Waals surface area contributed by atoms with Crippen molar-refractivity contribution in [2.45, 2.75) is 27.0 Å². The maximum Gasteiger partial charge on any atom is 0.161 e. The Morgan fingerprint density at radius 1 is 1.25 bits per heavy atom. The summed E-state index contributed by atoms with van der Waals surface area (Å²) < 4.78 is 16.1. The van der Waals surface area contributed by atoms with E-state index in [1.807, 2.05) is 31.2 Å². The molecule has 1 aromatic carbocycles. The Bertz CT molecular complexity index is 552.